The molecule has 0 atom stereocenters. The minimum atomic E-state index is -3.50. The number of carbonyl (C=O) groups excluding carboxylic acids is 1. The van der Waals surface area contributed by atoms with Crippen molar-refractivity contribution in [3.63, 3.8) is 0 Å². The standard InChI is InChI=1S/C21H25N3O5S/c1-3-22(4-2)30(28,29)19-10-5-16(6-11-19)7-12-21(25)23-14-13-17-8-9-18(24(26)27)15-20(17)23/h5-6,8-11,15H,3-4,7,12-14H2,1-2H3. The fourth-order valence-corrected chi connectivity index (χ4v) is 5.13. The Hall–Kier alpha value is -2.78. The summed E-state index contributed by atoms with van der Waals surface area (Å²) in [6, 6.07) is 11.2. The summed E-state index contributed by atoms with van der Waals surface area (Å²) in [4.78, 5) is 25.1. The lowest BCUT2D eigenvalue weighted by molar-refractivity contribution is -0.384. The number of rotatable bonds is 8. The lowest BCUT2D eigenvalue weighted by Crippen LogP contribution is -2.30. The van der Waals surface area contributed by atoms with Gasteiger partial charge in [-0.15, -0.1) is 0 Å². The molecule has 1 aliphatic rings. The second kappa shape index (κ2) is 8.93. The topological polar surface area (TPSA) is 101 Å². The Morgan fingerprint density at radius 2 is 1.80 bits per heavy atom. The number of nitro groups is 1. The third-order valence-corrected chi connectivity index (χ3v) is 7.43. The second-order valence-electron chi connectivity index (χ2n) is 7.10. The van der Waals surface area contributed by atoms with E-state index in [-0.39, 0.29) is 22.9 Å². The first kappa shape index (κ1) is 21.9. The van der Waals surface area contributed by atoms with Crippen LogP contribution in [0.2, 0.25) is 0 Å². The molecule has 0 bridgehead atoms. The van der Waals surface area contributed by atoms with E-state index in [2.05, 4.69) is 0 Å². The quantitative estimate of drug-likeness (QED) is 0.472. The number of fused-ring (bicyclic) bond motifs is 1. The van der Waals surface area contributed by atoms with Gasteiger partial charge >= 0.3 is 0 Å². The number of hydrogen-bond acceptors (Lipinski definition) is 5. The molecule has 9 heteroatoms. The molecule has 3 rings (SSSR count). The SMILES string of the molecule is CCN(CC)S(=O)(=O)c1ccc(CCC(=O)N2CCc3ccc([N+](=O)[O-])cc32)cc1. The summed E-state index contributed by atoms with van der Waals surface area (Å²) < 4.78 is 26.5. The first-order valence-corrected chi connectivity index (χ1v) is 11.4. The maximum absolute atomic E-state index is 12.7. The van der Waals surface area contributed by atoms with Crippen LogP contribution >= 0.6 is 0 Å². The van der Waals surface area contributed by atoms with Crippen LogP contribution in [0.5, 0.6) is 0 Å². The number of hydrogen-bond donors (Lipinski definition) is 0. The van der Waals surface area contributed by atoms with Crippen molar-refractivity contribution in [2.24, 2.45) is 0 Å². The van der Waals surface area contributed by atoms with Crippen LogP contribution in [0.1, 0.15) is 31.4 Å². The van der Waals surface area contributed by atoms with Crippen molar-refractivity contribution in [2.45, 2.75) is 38.0 Å². The molecule has 0 unspecified atom stereocenters. The van der Waals surface area contributed by atoms with Crippen molar-refractivity contribution in [1.29, 1.82) is 0 Å². The zero-order chi connectivity index (χ0) is 21.9. The Morgan fingerprint density at radius 1 is 1.13 bits per heavy atom. The van der Waals surface area contributed by atoms with Gasteiger partial charge in [-0.3, -0.25) is 14.9 Å². The molecule has 0 N–H and O–H groups in total. The van der Waals surface area contributed by atoms with Crippen molar-refractivity contribution in [3.05, 3.63) is 63.7 Å². The number of carbonyl (C=O) groups is 1. The predicted octanol–water partition coefficient (Wildman–Crippen LogP) is 3.15. The summed E-state index contributed by atoms with van der Waals surface area (Å²) in [5.41, 5.74) is 2.37. The van der Waals surface area contributed by atoms with Gasteiger partial charge in [0.15, 0.2) is 0 Å². The van der Waals surface area contributed by atoms with E-state index in [1.807, 2.05) is 0 Å². The van der Waals surface area contributed by atoms with Gasteiger partial charge in [0.05, 0.1) is 15.5 Å². The molecule has 30 heavy (non-hydrogen) atoms. The van der Waals surface area contributed by atoms with E-state index >= 15 is 0 Å². The number of non-ortho nitro benzene ring substituents is 1. The average Bonchev–Trinajstić information content (AvgIpc) is 3.16. The third kappa shape index (κ3) is 4.36. The molecule has 0 aromatic heterocycles. The zero-order valence-corrected chi connectivity index (χ0v) is 17.9. The molecule has 160 valence electrons. The van der Waals surface area contributed by atoms with Gasteiger partial charge in [-0.2, -0.15) is 4.31 Å². The second-order valence-corrected chi connectivity index (χ2v) is 9.04. The molecule has 0 spiro atoms. The Balaban J connectivity index is 1.67. The van der Waals surface area contributed by atoms with Gasteiger partial charge in [0.2, 0.25) is 15.9 Å². The molecule has 1 amide bonds. The van der Waals surface area contributed by atoms with Crippen LogP contribution in [0, 0.1) is 10.1 Å². The van der Waals surface area contributed by atoms with Gasteiger partial charge in [-0.1, -0.05) is 32.0 Å². The molecule has 1 heterocycles. The number of aryl methyl sites for hydroxylation is 1. The van der Waals surface area contributed by atoms with Gasteiger partial charge in [-0.25, -0.2) is 8.42 Å². The van der Waals surface area contributed by atoms with Crippen LogP contribution in [0.4, 0.5) is 11.4 Å². The minimum Gasteiger partial charge on any atom is -0.312 e. The third-order valence-electron chi connectivity index (χ3n) is 5.37. The van der Waals surface area contributed by atoms with Crippen molar-refractivity contribution in [1.82, 2.24) is 4.31 Å². The van der Waals surface area contributed by atoms with Gasteiger partial charge in [-0.05, 0) is 36.1 Å². The van der Waals surface area contributed by atoms with E-state index in [1.54, 1.807) is 49.1 Å². The van der Waals surface area contributed by atoms with Crippen LogP contribution in [-0.2, 0) is 27.7 Å². The van der Waals surface area contributed by atoms with Gasteiger partial charge < -0.3 is 4.90 Å². The van der Waals surface area contributed by atoms with E-state index in [0.717, 1.165) is 11.1 Å². The Bertz CT molecular complexity index is 1050. The Kier molecular flexibility index (Phi) is 6.52. The van der Waals surface area contributed by atoms with Crippen LogP contribution in [-0.4, -0.2) is 43.2 Å². The highest BCUT2D eigenvalue weighted by Crippen LogP contribution is 2.32. The largest absolute Gasteiger partial charge is 0.312 e. The number of amides is 1. The van der Waals surface area contributed by atoms with Crippen molar-refractivity contribution >= 4 is 27.3 Å². The van der Waals surface area contributed by atoms with Crippen LogP contribution < -0.4 is 4.90 Å². The van der Waals surface area contributed by atoms with E-state index in [1.165, 1.54) is 16.4 Å². The number of benzene rings is 2. The van der Waals surface area contributed by atoms with E-state index in [0.29, 0.717) is 38.2 Å². The summed E-state index contributed by atoms with van der Waals surface area (Å²) in [6.45, 7) is 4.92. The molecule has 0 radical (unpaired) electrons. The lowest BCUT2D eigenvalue weighted by atomic mass is 10.1. The van der Waals surface area contributed by atoms with Gasteiger partial charge in [0, 0.05) is 38.2 Å². The molecule has 0 fully saturated rings. The summed E-state index contributed by atoms with van der Waals surface area (Å²) in [6.07, 6.45) is 1.38. The number of anilines is 1. The van der Waals surface area contributed by atoms with E-state index in [4.69, 9.17) is 0 Å². The van der Waals surface area contributed by atoms with E-state index < -0.39 is 14.9 Å². The van der Waals surface area contributed by atoms with Gasteiger partial charge in [0.25, 0.3) is 5.69 Å². The minimum absolute atomic E-state index is 0.0292. The smallest absolute Gasteiger partial charge is 0.271 e. The Morgan fingerprint density at radius 3 is 2.40 bits per heavy atom. The van der Waals surface area contributed by atoms with Crippen LogP contribution in [0.3, 0.4) is 0 Å². The summed E-state index contributed by atoms with van der Waals surface area (Å²) >= 11 is 0. The molecule has 2 aromatic rings. The predicted molar refractivity (Wildman–Crippen MR) is 114 cm³/mol. The van der Waals surface area contributed by atoms with Crippen molar-refractivity contribution in [3.8, 4) is 0 Å². The number of nitrogens with zero attached hydrogens (tertiary/aromatic N) is 3. The highest BCUT2D eigenvalue weighted by atomic mass is 32.2. The number of sulfonamides is 1. The molecule has 0 aliphatic carbocycles. The molecule has 0 saturated carbocycles. The highest BCUT2D eigenvalue weighted by Gasteiger charge is 2.26. The lowest BCUT2D eigenvalue weighted by Gasteiger charge is -2.19. The Labute approximate surface area is 176 Å². The first-order chi connectivity index (χ1) is 14.3. The maximum atomic E-state index is 12.7. The summed E-state index contributed by atoms with van der Waals surface area (Å²) in [5, 5.41) is 11.0. The zero-order valence-electron chi connectivity index (χ0n) is 17.1. The summed E-state index contributed by atoms with van der Waals surface area (Å²) in [7, 11) is -3.50. The monoisotopic (exact) mass is 431 g/mol. The highest BCUT2D eigenvalue weighted by molar-refractivity contribution is 7.89. The molecule has 2 aromatic carbocycles. The average molecular weight is 432 g/mol. The maximum Gasteiger partial charge on any atom is 0.271 e. The fourth-order valence-electron chi connectivity index (χ4n) is 3.67. The fraction of sp³-hybridized carbons (Fsp3) is 0.381. The molecular formula is C21H25N3O5S. The number of nitro benzene ring substituents is 1. The molecular weight excluding hydrogens is 406 g/mol. The van der Waals surface area contributed by atoms with E-state index in [9.17, 15) is 23.3 Å². The molecule has 1 aliphatic heterocycles. The van der Waals surface area contributed by atoms with Gasteiger partial charge in [0.1, 0.15) is 0 Å². The van der Waals surface area contributed by atoms with Crippen LogP contribution in [0.25, 0.3) is 0 Å². The van der Waals surface area contributed by atoms with Crippen LogP contribution in [0.15, 0.2) is 47.4 Å². The normalized spacial score (nSPS) is 13.5. The summed E-state index contributed by atoms with van der Waals surface area (Å²) in [5.74, 6) is -0.103. The molecule has 8 nitrogen and oxygen atoms in total. The van der Waals surface area contributed by atoms with Crippen molar-refractivity contribution in [2.75, 3.05) is 24.5 Å². The first-order valence-electron chi connectivity index (χ1n) is 9.94. The van der Waals surface area contributed by atoms with Crippen molar-refractivity contribution < 1.29 is 18.1 Å². The molecule has 0 saturated heterocycles.